The zero-order chi connectivity index (χ0) is 18.5. The number of imidazole rings is 1. The summed E-state index contributed by atoms with van der Waals surface area (Å²) in [5.41, 5.74) is 1.70. The first-order valence-corrected chi connectivity index (χ1v) is 9.26. The van der Waals surface area contributed by atoms with Crippen molar-refractivity contribution < 1.29 is 4.79 Å². The minimum atomic E-state index is -0.259. The van der Waals surface area contributed by atoms with E-state index in [1.54, 1.807) is 23.5 Å². The van der Waals surface area contributed by atoms with E-state index in [4.69, 9.17) is 0 Å². The molecule has 2 aliphatic rings. The summed E-state index contributed by atoms with van der Waals surface area (Å²) in [5, 5.41) is 4.20. The second-order valence-corrected chi connectivity index (χ2v) is 7.56. The highest BCUT2D eigenvalue weighted by atomic mass is 16.2. The van der Waals surface area contributed by atoms with Crippen LogP contribution in [0.1, 0.15) is 13.0 Å². The quantitative estimate of drug-likeness (QED) is 0.679. The van der Waals surface area contributed by atoms with Gasteiger partial charge < -0.3 is 14.4 Å². The Morgan fingerprint density at radius 2 is 1.93 bits per heavy atom. The lowest BCUT2D eigenvalue weighted by Crippen LogP contribution is -2.37. The SMILES string of the molecule is CC(C(=O)N1CC2CN(c3ncnc4c3ncn4C)CC2C1)n1cccn1. The van der Waals surface area contributed by atoms with Crippen LogP contribution in [-0.4, -0.2) is 66.3 Å². The van der Waals surface area contributed by atoms with Crippen molar-refractivity contribution in [3.05, 3.63) is 31.1 Å². The minimum absolute atomic E-state index is 0.147. The van der Waals surface area contributed by atoms with Crippen molar-refractivity contribution in [2.24, 2.45) is 18.9 Å². The molecule has 140 valence electrons. The number of carbonyl (C=O) groups excluding carboxylic acids is 1. The van der Waals surface area contributed by atoms with Crippen molar-refractivity contribution in [3.8, 4) is 0 Å². The summed E-state index contributed by atoms with van der Waals surface area (Å²) in [6, 6.07) is 1.59. The number of aryl methyl sites for hydroxylation is 1. The van der Waals surface area contributed by atoms with Gasteiger partial charge in [0, 0.05) is 57.5 Å². The van der Waals surface area contributed by atoms with Gasteiger partial charge in [-0.2, -0.15) is 5.10 Å². The lowest BCUT2D eigenvalue weighted by molar-refractivity contribution is -0.133. The van der Waals surface area contributed by atoms with Gasteiger partial charge in [-0.1, -0.05) is 0 Å². The number of aromatic nitrogens is 6. The minimum Gasteiger partial charge on any atom is -0.354 e. The second kappa shape index (κ2) is 6.04. The summed E-state index contributed by atoms with van der Waals surface area (Å²) in [4.78, 5) is 30.4. The fourth-order valence-electron chi connectivity index (χ4n) is 4.40. The van der Waals surface area contributed by atoms with Crippen LogP contribution >= 0.6 is 0 Å². The number of fused-ring (bicyclic) bond motifs is 2. The molecular formula is C18H22N8O. The highest BCUT2D eigenvalue weighted by Crippen LogP contribution is 2.35. The van der Waals surface area contributed by atoms with Crippen LogP contribution in [0.3, 0.4) is 0 Å². The monoisotopic (exact) mass is 366 g/mol. The fraction of sp³-hybridized carbons (Fsp3) is 0.500. The average Bonchev–Trinajstić information content (AvgIpc) is 3.44. The van der Waals surface area contributed by atoms with E-state index in [2.05, 4.69) is 25.0 Å². The number of nitrogens with zero attached hydrogens (tertiary/aromatic N) is 8. The molecule has 0 radical (unpaired) electrons. The van der Waals surface area contributed by atoms with Crippen molar-refractivity contribution in [2.75, 3.05) is 31.1 Å². The van der Waals surface area contributed by atoms with E-state index < -0.39 is 0 Å². The van der Waals surface area contributed by atoms with Crippen molar-refractivity contribution in [2.45, 2.75) is 13.0 Å². The number of hydrogen-bond donors (Lipinski definition) is 0. The summed E-state index contributed by atoms with van der Waals surface area (Å²) in [6.07, 6.45) is 6.93. The first-order valence-electron chi connectivity index (χ1n) is 9.26. The molecule has 2 fully saturated rings. The molecule has 2 aliphatic heterocycles. The van der Waals surface area contributed by atoms with Gasteiger partial charge in [-0.3, -0.25) is 9.48 Å². The van der Waals surface area contributed by atoms with Crippen LogP contribution < -0.4 is 4.90 Å². The van der Waals surface area contributed by atoms with Crippen LogP contribution in [0.5, 0.6) is 0 Å². The first-order chi connectivity index (χ1) is 13.1. The molecule has 0 aliphatic carbocycles. The molecule has 5 heterocycles. The smallest absolute Gasteiger partial charge is 0.247 e. The lowest BCUT2D eigenvalue weighted by Gasteiger charge is -2.24. The molecule has 0 saturated carbocycles. The van der Waals surface area contributed by atoms with E-state index in [0.29, 0.717) is 11.8 Å². The van der Waals surface area contributed by atoms with E-state index >= 15 is 0 Å². The standard InChI is InChI=1S/C18H22N8O/c1-12(26-5-3-4-22-26)18(27)25-8-13-6-24(7-14(13)9-25)17-15-16(19-10-20-17)23(2)11-21-15/h3-5,10-14H,6-9H2,1-2H3. The highest BCUT2D eigenvalue weighted by molar-refractivity contribution is 5.83. The molecule has 2 saturated heterocycles. The van der Waals surface area contributed by atoms with Gasteiger partial charge in [0.15, 0.2) is 17.0 Å². The van der Waals surface area contributed by atoms with Crippen molar-refractivity contribution >= 4 is 22.9 Å². The third kappa shape index (κ3) is 2.56. The molecule has 3 atom stereocenters. The lowest BCUT2D eigenvalue weighted by atomic mass is 10.0. The Balaban J connectivity index is 1.30. The van der Waals surface area contributed by atoms with Crippen LogP contribution in [0.15, 0.2) is 31.1 Å². The van der Waals surface area contributed by atoms with Gasteiger partial charge in [0.25, 0.3) is 0 Å². The number of hydrogen-bond acceptors (Lipinski definition) is 6. The van der Waals surface area contributed by atoms with Gasteiger partial charge in [-0.15, -0.1) is 0 Å². The maximum Gasteiger partial charge on any atom is 0.247 e. The van der Waals surface area contributed by atoms with Crippen molar-refractivity contribution in [1.29, 1.82) is 0 Å². The molecule has 0 spiro atoms. The summed E-state index contributed by atoms with van der Waals surface area (Å²) in [5.74, 6) is 1.98. The summed E-state index contributed by atoms with van der Waals surface area (Å²) >= 11 is 0. The van der Waals surface area contributed by atoms with Crippen LogP contribution in [-0.2, 0) is 11.8 Å². The summed E-state index contributed by atoms with van der Waals surface area (Å²) < 4.78 is 3.63. The van der Waals surface area contributed by atoms with E-state index in [9.17, 15) is 4.79 Å². The number of rotatable bonds is 3. The van der Waals surface area contributed by atoms with Crippen LogP contribution in [0, 0.1) is 11.8 Å². The van der Waals surface area contributed by atoms with Gasteiger partial charge in [0.2, 0.25) is 5.91 Å². The highest BCUT2D eigenvalue weighted by Gasteiger charge is 2.43. The molecule has 0 aromatic carbocycles. The van der Waals surface area contributed by atoms with Crippen LogP contribution in [0.4, 0.5) is 5.82 Å². The predicted octanol–water partition coefficient (Wildman–Crippen LogP) is 0.716. The van der Waals surface area contributed by atoms with Gasteiger partial charge in [0.05, 0.1) is 6.33 Å². The Morgan fingerprint density at radius 3 is 2.63 bits per heavy atom. The molecule has 27 heavy (non-hydrogen) atoms. The Labute approximate surface area is 156 Å². The summed E-state index contributed by atoms with van der Waals surface area (Å²) in [7, 11) is 1.94. The van der Waals surface area contributed by atoms with Gasteiger partial charge in [-0.05, 0) is 13.0 Å². The topological polar surface area (TPSA) is 85.0 Å². The molecule has 3 unspecified atom stereocenters. The maximum atomic E-state index is 12.8. The van der Waals surface area contributed by atoms with E-state index in [0.717, 1.165) is 43.2 Å². The van der Waals surface area contributed by atoms with Gasteiger partial charge >= 0.3 is 0 Å². The molecule has 5 rings (SSSR count). The van der Waals surface area contributed by atoms with E-state index in [1.165, 1.54) is 0 Å². The zero-order valence-electron chi connectivity index (χ0n) is 15.4. The molecule has 3 aromatic heterocycles. The molecular weight excluding hydrogens is 344 g/mol. The number of amides is 1. The third-order valence-corrected chi connectivity index (χ3v) is 5.85. The largest absolute Gasteiger partial charge is 0.354 e. The Bertz CT molecular complexity index is 967. The number of carbonyl (C=O) groups is 1. The normalized spacial score (nSPS) is 23.2. The maximum absolute atomic E-state index is 12.8. The molecule has 9 heteroatoms. The first kappa shape index (κ1) is 16.2. The number of anilines is 1. The van der Waals surface area contributed by atoms with Gasteiger partial charge in [-0.25, -0.2) is 15.0 Å². The molecule has 0 N–H and O–H groups in total. The molecule has 9 nitrogen and oxygen atoms in total. The third-order valence-electron chi connectivity index (χ3n) is 5.85. The molecule has 1 amide bonds. The van der Waals surface area contributed by atoms with Crippen LogP contribution in [0.2, 0.25) is 0 Å². The van der Waals surface area contributed by atoms with E-state index in [-0.39, 0.29) is 11.9 Å². The molecule has 3 aromatic rings. The van der Waals surface area contributed by atoms with Crippen molar-refractivity contribution in [1.82, 2.24) is 34.2 Å². The van der Waals surface area contributed by atoms with Crippen molar-refractivity contribution in [3.63, 3.8) is 0 Å². The fourth-order valence-corrected chi connectivity index (χ4v) is 4.40. The Morgan fingerprint density at radius 1 is 1.15 bits per heavy atom. The number of likely N-dealkylation sites (tertiary alicyclic amines) is 1. The Kier molecular flexibility index (Phi) is 3.63. The Hall–Kier alpha value is -2.97. The zero-order valence-corrected chi connectivity index (χ0v) is 15.4. The summed E-state index contributed by atoms with van der Waals surface area (Å²) in [6.45, 7) is 5.29. The second-order valence-electron chi connectivity index (χ2n) is 7.56. The molecule has 0 bridgehead atoms. The van der Waals surface area contributed by atoms with Crippen LogP contribution in [0.25, 0.3) is 11.2 Å². The average molecular weight is 366 g/mol. The van der Waals surface area contributed by atoms with E-state index in [1.807, 2.05) is 35.7 Å². The predicted molar refractivity (Wildman–Crippen MR) is 99.0 cm³/mol. The van der Waals surface area contributed by atoms with Gasteiger partial charge in [0.1, 0.15) is 12.4 Å².